The van der Waals surface area contributed by atoms with E-state index in [1.165, 1.54) is 19.1 Å². The van der Waals surface area contributed by atoms with Crippen LogP contribution in [0.3, 0.4) is 0 Å². The van der Waals surface area contributed by atoms with Gasteiger partial charge >= 0.3 is 12.1 Å². The number of rotatable bonds is 7. The molecule has 1 atom stereocenters. The van der Waals surface area contributed by atoms with Crippen LogP contribution < -0.4 is 5.32 Å². The molecule has 1 saturated heterocycles. The van der Waals surface area contributed by atoms with Gasteiger partial charge in [0.15, 0.2) is 0 Å². The first-order valence-corrected chi connectivity index (χ1v) is 8.12. The topological polar surface area (TPSA) is 99.2 Å². The Kier molecular flexibility index (Phi) is 7.16. The van der Waals surface area contributed by atoms with E-state index in [1.807, 2.05) is 0 Å². The highest BCUT2D eigenvalue weighted by molar-refractivity contribution is 5.84. The Morgan fingerprint density at radius 2 is 2.07 bits per heavy atom. The number of nitrogens with one attached hydrogen (secondary N) is 1. The maximum Gasteiger partial charge on any atom is 0.491 e. The molecular weight excluding hydrogens is 387 g/mol. The van der Waals surface area contributed by atoms with Crippen LogP contribution in [-0.2, 0) is 35.1 Å². The molecule has 2 heterocycles. The highest BCUT2D eigenvalue weighted by Gasteiger charge is 2.45. The second kappa shape index (κ2) is 9.17. The van der Waals surface area contributed by atoms with Crippen LogP contribution in [0, 0.1) is 0 Å². The number of hydrogen-bond donors (Lipinski definition) is 1. The fourth-order valence-electron chi connectivity index (χ4n) is 2.51. The second-order valence-electron chi connectivity index (χ2n) is 5.66. The third-order valence-corrected chi connectivity index (χ3v) is 3.87. The molecule has 1 unspecified atom stereocenters. The van der Waals surface area contributed by atoms with E-state index in [-0.39, 0.29) is 19.7 Å². The van der Waals surface area contributed by atoms with Gasteiger partial charge in [0.1, 0.15) is 11.5 Å². The number of morpholine rings is 1. The van der Waals surface area contributed by atoms with Crippen LogP contribution in [0.15, 0.2) is 12.1 Å². The number of anilines is 1. The average Bonchev–Trinajstić information content (AvgIpc) is 2.66. The average molecular weight is 407 g/mol. The first-order chi connectivity index (χ1) is 13.2. The van der Waals surface area contributed by atoms with Gasteiger partial charge in [-0.25, -0.2) is 9.78 Å². The van der Waals surface area contributed by atoms with Crippen molar-refractivity contribution in [1.82, 2.24) is 9.88 Å². The predicted molar refractivity (Wildman–Crippen MR) is 87.8 cm³/mol. The Bertz CT molecular complexity index is 711. The Morgan fingerprint density at radius 3 is 2.64 bits per heavy atom. The van der Waals surface area contributed by atoms with E-state index in [1.54, 1.807) is 19.2 Å². The van der Waals surface area contributed by atoms with E-state index < -0.39 is 30.6 Å². The lowest BCUT2D eigenvalue weighted by Gasteiger charge is -2.32. The highest BCUT2D eigenvalue weighted by atomic mass is 19.4. The van der Waals surface area contributed by atoms with Crippen LogP contribution in [0.25, 0.3) is 0 Å². The minimum Gasteiger partial charge on any atom is -0.419 e. The maximum atomic E-state index is 12.4. The number of nitrogens with zero attached hydrogens (tertiary/aromatic N) is 2. The van der Waals surface area contributed by atoms with E-state index in [2.05, 4.69) is 15.0 Å². The summed E-state index contributed by atoms with van der Waals surface area (Å²) in [6.07, 6.45) is -8.01. The molecule has 1 aliphatic heterocycles. The summed E-state index contributed by atoms with van der Waals surface area (Å²) in [5.74, 6) is -2.87. The molecule has 156 valence electrons. The summed E-state index contributed by atoms with van der Waals surface area (Å²) < 4.78 is 56.6. The molecular formula is C16H20F3N3O6. The van der Waals surface area contributed by atoms with Crippen molar-refractivity contribution in [3.63, 3.8) is 0 Å². The van der Waals surface area contributed by atoms with Crippen molar-refractivity contribution >= 4 is 17.7 Å². The Balaban J connectivity index is 2.20. The SMILES string of the molecule is CNc1ccc(CN2CCOC(OC(=O)C(F)(F)F)C2=O)c(C(OC)OC)n1. The van der Waals surface area contributed by atoms with Crippen LogP contribution in [0.5, 0.6) is 0 Å². The number of carbonyl (C=O) groups is 2. The molecule has 0 bridgehead atoms. The zero-order valence-electron chi connectivity index (χ0n) is 15.4. The lowest BCUT2D eigenvalue weighted by molar-refractivity contribution is -0.233. The zero-order valence-corrected chi connectivity index (χ0v) is 15.4. The van der Waals surface area contributed by atoms with Crippen LogP contribution in [0.4, 0.5) is 19.0 Å². The summed E-state index contributed by atoms with van der Waals surface area (Å²) in [5, 5.41) is 2.87. The van der Waals surface area contributed by atoms with Crippen LogP contribution in [0.1, 0.15) is 17.5 Å². The van der Waals surface area contributed by atoms with Crippen molar-refractivity contribution in [2.45, 2.75) is 25.3 Å². The maximum absolute atomic E-state index is 12.4. The van der Waals surface area contributed by atoms with Crippen LogP contribution >= 0.6 is 0 Å². The quantitative estimate of drug-likeness (QED) is 0.532. The van der Waals surface area contributed by atoms with E-state index >= 15 is 0 Å². The normalized spacial score (nSPS) is 17.8. The van der Waals surface area contributed by atoms with Crippen LogP contribution in [0.2, 0.25) is 0 Å². The highest BCUT2D eigenvalue weighted by Crippen LogP contribution is 2.25. The van der Waals surface area contributed by atoms with Crippen molar-refractivity contribution < 1.29 is 41.7 Å². The molecule has 0 saturated carbocycles. The Morgan fingerprint density at radius 1 is 1.39 bits per heavy atom. The monoisotopic (exact) mass is 407 g/mol. The van der Waals surface area contributed by atoms with Gasteiger partial charge in [-0.1, -0.05) is 6.07 Å². The van der Waals surface area contributed by atoms with Gasteiger partial charge in [-0.05, 0) is 11.6 Å². The lowest BCUT2D eigenvalue weighted by atomic mass is 10.1. The smallest absolute Gasteiger partial charge is 0.419 e. The molecule has 0 spiro atoms. The Labute approximate surface area is 158 Å². The van der Waals surface area contributed by atoms with Crippen molar-refractivity contribution in [1.29, 1.82) is 0 Å². The molecule has 12 heteroatoms. The summed E-state index contributed by atoms with van der Waals surface area (Å²) in [6, 6.07) is 3.34. The molecule has 1 amide bonds. The largest absolute Gasteiger partial charge is 0.491 e. The van der Waals surface area contributed by atoms with Gasteiger partial charge in [0.25, 0.3) is 12.2 Å². The number of pyridine rings is 1. The zero-order chi connectivity index (χ0) is 20.9. The molecule has 1 fully saturated rings. The van der Waals surface area contributed by atoms with Gasteiger partial charge in [-0.15, -0.1) is 0 Å². The van der Waals surface area contributed by atoms with Crippen molar-refractivity contribution in [2.75, 3.05) is 39.7 Å². The molecule has 1 aromatic heterocycles. The van der Waals surface area contributed by atoms with E-state index in [9.17, 15) is 22.8 Å². The number of carbonyl (C=O) groups excluding carboxylic acids is 2. The molecule has 9 nitrogen and oxygen atoms in total. The van der Waals surface area contributed by atoms with Crippen LogP contribution in [-0.4, -0.2) is 68.6 Å². The van der Waals surface area contributed by atoms with Crippen molar-refractivity contribution in [3.8, 4) is 0 Å². The molecule has 0 aromatic carbocycles. The first kappa shape index (κ1) is 21.9. The second-order valence-corrected chi connectivity index (χ2v) is 5.66. The molecule has 0 aliphatic carbocycles. The number of ether oxygens (including phenoxy) is 4. The summed E-state index contributed by atoms with van der Waals surface area (Å²) in [5.41, 5.74) is 0.934. The summed E-state index contributed by atoms with van der Waals surface area (Å²) >= 11 is 0. The first-order valence-electron chi connectivity index (χ1n) is 8.12. The number of methoxy groups -OCH3 is 2. The number of aromatic nitrogens is 1. The van der Waals surface area contributed by atoms with Crippen molar-refractivity contribution in [2.24, 2.45) is 0 Å². The number of hydrogen-bond acceptors (Lipinski definition) is 8. The van der Waals surface area contributed by atoms with Gasteiger partial charge in [-0.2, -0.15) is 13.2 Å². The van der Waals surface area contributed by atoms with Gasteiger partial charge in [0, 0.05) is 34.4 Å². The minimum absolute atomic E-state index is 0.0161. The van der Waals surface area contributed by atoms with E-state index in [0.29, 0.717) is 17.1 Å². The molecule has 28 heavy (non-hydrogen) atoms. The van der Waals surface area contributed by atoms with E-state index in [4.69, 9.17) is 14.2 Å². The third kappa shape index (κ3) is 5.09. The molecule has 1 aromatic rings. The van der Waals surface area contributed by atoms with Crippen molar-refractivity contribution in [3.05, 3.63) is 23.4 Å². The number of alkyl halides is 3. The van der Waals surface area contributed by atoms with Gasteiger partial charge in [0.05, 0.1) is 6.61 Å². The minimum atomic E-state index is -5.23. The third-order valence-electron chi connectivity index (χ3n) is 3.87. The van der Waals surface area contributed by atoms with Gasteiger partial charge in [-0.3, -0.25) is 4.79 Å². The molecule has 0 radical (unpaired) electrons. The van der Waals surface area contributed by atoms with Gasteiger partial charge in [0.2, 0.25) is 6.29 Å². The number of amides is 1. The van der Waals surface area contributed by atoms with E-state index in [0.717, 1.165) is 0 Å². The lowest BCUT2D eigenvalue weighted by Crippen LogP contribution is -2.50. The predicted octanol–water partition coefficient (Wildman–Crippen LogP) is 1.21. The molecule has 1 N–H and O–H groups in total. The molecule has 2 rings (SSSR count). The van der Waals surface area contributed by atoms with Gasteiger partial charge < -0.3 is 29.2 Å². The number of halogens is 3. The fraction of sp³-hybridized carbons (Fsp3) is 0.562. The fourth-order valence-corrected chi connectivity index (χ4v) is 2.51. The number of esters is 1. The summed E-state index contributed by atoms with van der Waals surface area (Å²) in [6.45, 7) is -0.0224. The molecule has 1 aliphatic rings. The standard InChI is InChI=1S/C16H20F3N3O6/c1-20-10-5-4-9(11(21-10)13(25-2)26-3)8-22-6-7-27-14(12(22)23)28-15(24)16(17,18)19/h4-5,13-14H,6-8H2,1-3H3,(H,20,21). The summed E-state index contributed by atoms with van der Waals surface area (Å²) in [4.78, 5) is 29.0. The summed E-state index contributed by atoms with van der Waals surface area (Å²) in [7, 11) is 4.50. The Hall–Kier alpha value is -2.44.